The minimum atomic E-state index is -0.171. The number of rotatable bonds is 6. The Bertz CT molecular complexity index is 915. The predicted octanol–water partition coefficient (Wildman–Crippen LogP) is 1.95. The molecule has 0 saturated carbocycles. The quantitative estimate of drug-likeness (QED) is 0.409. The summed E-state index contributed by atoms with van der Waals surface area (Å²) in [5, 5.41) is 9.05. The van der Waals surface area contributed by atoms with Crippen molar-refractivity contribution < 1.29 is 9.53 Å². The van der Waals surface area contributed by atoms with Crippen molar-refractivity contribution in [1.82, 2.24) is 10.6 Å². The highest BCUT2D eigenvalue weighted by Crippen LogP contribution is 2.25. The van der Waals surface area contributed by atoms with Gasteiger partial charge in [0.1, 0.15) is 5.75 Å². The first kappa shape index (κ1) is 19.3. The molecule has 0 saturated heterocycles. The molecule has 1 amide bonds. The number of carbonyl (C=O) groups excluding carboxylic acids is 1. The lowest BCUT2D eigenvalue weighted by atomic mass is 10.1. The van der Waals surface area contributed by atoms with Crippen LogP contribution in [0.15, 0.2) is 47.5 Å². The molecule has 0 aromatic heterocycles. The number of fused-ring (bicyclic) bond motifs is 1. The van der Waals surface area contributed by atoms with Crippen molar-refractivity contribution in [2.45, 2.75) is 12.8 Å². The van der Waals surface area contributed by atoms with Gasteiger partial charge in [0.15, 0.2) is 5.96 Å². The molecule has 3 N–H and O–H groups in total. The van der Waals surface area contributed by atoms with Gasteiger partial charge in [-0.05, 0) is 41.8 Å². The highest BCUT2D eigenvalue weighted by molar-refractivity contribution is 5.95. The predicted molar refractivity (Wildman–Crippen MR) is 112 cm³/mol. The van der Waals surface area contributed by atoms with Crippen LogP contribution in [-0.2, 0) is 17.6 Å². The van der Waals surface area contributed by atoms with E-state index in [0.29, 0.717) is 18.2 Å². The minimum absolute atomic E-state index is 0.107. The maximum Gasteiger partial charge on any atom is 0.243 e. The summed E-state index contributed by atoms with van der Waals surface area (Å²) in [4.78, 5) is 16.3. The molecule has 6 heteroatoms. The van der Waals surface area contributed by atoms with E-state index in [2.05, 4.69) is 39.0 Å². The van der Waals surface area contributed by atoms with Crippen molar-refractivity contribution in [3.05, 3.63) is 59.2 Å². The van der Waals surface area contributed by atoms with Crippen LogP contribution < -0.4 is 20.7 Å². The second-order valence-electron chi connectivity index (χ2n) is 6.42. The SMILES string of the molecule is C#Cc1cccc(NC(=O)CNC(=NC)NCCc2ccc3c(c2)CCO3)c1. The zero-order valence-electron chi connectivity index (χ0n) is 15.9. The summed E-state index contributed by atoms with van der Waals surface area (Å²) >= 11 is 0. The molecule has 0 aliphatic carbocycles. The lowest BCUT2D eigenvalue weighted by Crippen LogP contribution is -2.42. The number of aliphatic imine (C=N–C) groups is 1. The van der Waals surface area contributed by atoms with Crippen molar-refractivity contribution in [1.29, 1.82) is 0 Å². The molecule has 1 aliphatic heterocycles. The van der Waals surface area contributed by atoms with E-state index >= 15 is 0 Å². The molecule has 0 spiro atoms. The number of hydrogen-bond acceptors (Lipinski definition) is 3. The van der Waals surface area contributed by atoms with E-state index in [1.165, 1.54) is 11.1 Å². The lowest BCUT2D eigenvalue weighted by molar-refractivity contribution is -0.115. The zero-order chi connectivity index (χ0) is 19.8. The molecule has 28 heavy (non-hydrogen) atoms. The zero-order valence-corrected chi connectivity index (χ0v) is 15.9. The summed E-state index contributed by atoms with van der Waals surface area (Å²) in [6, 6.07) is 13.5. The maximum absolute atomic E-state index is 12.1. The average molecular weight is 376 g/mol. The molecule has 0 unspecified atom stereocenters. The molecule has 2 aromatic carbocycles. The molecule has 6 nitrogen and oxygen atoms in total. The van der Waals surface area contributed by atoms with Gasteiger partial charge in [-0.25, -0.2) is 0 Å². The third kappa shape index (κ3) is 5.27. The van der Waals surface area contributed by atoms with Gasteiger partial charge in [-0.3, -0.25) is 9.79 Å². The number of anilines is 1. The number of nitrogens with one attached hydrogen (secondary N) is 3. The third-order valence-corrected chi connectivity index (χ3v) is 4.41. The number of benzene rings is 2. The van der Waals surface area contributed by atoms with Crippen LogP contribution in [0, 0.1) is 12.3 Å². The lowest BCUT2D eigenvalue weighted by Gasteiger charge is -2.12. The molecule has 1 heterocycles. The Balaban J connectivity index is 1.41. The first-order valence-corrected chi connectivity index (χ1v) is 9.23. The Hall–Kier alpha value is -3.46. The van der Waals surface area contributed by atoms with Crippen LogP contribution in [0.4, 0.5) is 5.69 Å². The molecular formula is C22H24N4O2. The molecule has 0 bridgehead atoms. The van der Waals surface area contributed by atoms with Crippen LogP contribution in [0.3, 0.4) is 0 Å². The maximum atomic E-state index is 12.1. The van der Waals surface area contributed by atoms with Gasteiger partial charge in [0.25, 0.3) is 0 Å². The van der Waals surface area contributed by atoms with Crippen LogP contribution in [0.1, 0.15) is 16.7 Å². The summed E-state index contributed by atoms with van der Waals surface area (Å²) < 4.78 is 5.53. The van der Waals surface area contributed by atoms with Gasteiger partial charge in [-0.1, -0.05) is 24.1 Å². The van der Waals surface area contributed by atoms with Crippen molar-refractivity contribution >= 4 is 17.6 Å². The Morgan fingerprint density at radius 2 is 2.14 bits per heavy atom. The topological polar surface area (TPSA) is 74.8 Å². The largest absolute Gasteiger partial charge is 0.493 e. The molecule has 0 radical (unpaired) electrons. The Kier molecular flexibility index (Phi) is 6.53. The smallest absolute Gasteiger partial charge is 0.243 e. The van der Waals surface area contributed by atoms with Gasteiger partial charge in [0.2, 0.25) is 5.91 Å². The molecular weight excluding hydrogens is 352 g/mol. The van der Waals surface area contributed by atoms with Crippen LogP contribution in [0.5, 0.6) is 5.75 Å². The molecule has 144 valence electrons. The van der Waals surface area contributed by atoms with E-state index < -0.39 is 0 Å². The average Bonchev–Trinajstić information content (AvgIpc) is 3.18. The van der Waals surface area contributed by atoms with E-state index in [1.807, 2.05) is 18.2 Å². The normalized spacial score (nSPS) is 12.5. The molecule has 0 fully saturated rings. The second-order valence-corrected chi connectivity index (χ2v) is 6.42. The van der Waals surface area contributed by atoms with Crippen LogP contribution in [0.2, 0.25) is 0 Å². The number of carbonyl (C=O) groups is 1. The summed E-state index contributed by atoms with van der Waals surface area (Å²) in [5.74, 6) is 3.95. The summed E-state index contributed by atoms with van der Waals surface area (Å²) in [7, 11) is 1.68. The van der Waals surface area contributed by atoms with E-state index in [4.69, 9.17) is 11.2 Å². The summed E-state index contributed by atoms with van der Waals surface area (Å²) in [6.07, 6.45) is 7.21. The van der Waals surface area contributed by atoms with Crippen LogP contribution in [0.25, 0.3) is 0 Å². The van der Waals surface area contributed by atoms with Crippen LogP contribution >= 0.6 is 0 Å². The fourth-order valence-corrected chi connectivity index (χ4v) is 3.00. The first-order valence-electron chi connectivity index (χ1n) is 9.23. The van der Waals surface area contributed by atoms with E-state index in [1.54, 1.807) is 19.2 Å². The van der Waals surface area contributed by atoms with E-state index in [0.717, 1.165) is 30.8 Å². The van der Waals surface area contributed by atoms with Crippen LogP contribution in [-0.4, -0.2) is 38.6 Å². The monoisotopic (exact) mass is 376 g/mol. The Morgan fingerprint density at radius 1 is 1.25 bits per heavy atom. The summed E-state index contributed by atoms with van der Waals surface area (Å²) in [6.45, 7) is 1.59. The number of guanidine groups is 1. The van der Waals surface area contributed by atoms with Gasteiger partial charge in [-0.15, -0.1) is 6.42 Å². The summed E-state index contributed by atoms with van der Waals surface area (Å²) in [5.41, 5.74) is 3.91. The van der Waals surface area contributed by atoms with Gasteiger partial charge in [-0.2, -0.15) is 0 Å². The second kappa shape index (κ2) is 9.47. The van der Waals surface area contributed by atoms with Crippen molar-refractivity contribution in [2.24, 2.45) is 4.99 Å². The Labute approximate surface area is 165 Å². The van der Waals surface area contributed by atoms with E-state index in [-0.39, 0.29) is 12.5 Å². The number of nitrogens with zero attached hydrogens (tertiary/aromatic N) is 1. The minimum Gasteiger partial charge on any atom is -0.493 e. The fourth-order valence-electron chi connectivity index (χ4n) is 3.00. The molecule has 1 aliphatic rings. The Morgan fingerprint density at radius 3 is 2.96 bits per heavy atom. The number of hydrogen-bond donors (Lipinski definition) is 3. The van der Waals surface area contributed by atoms with Gasteiger partial charge in [0, 0.05) is 31.3 Å². The highest BCUT2D eigenvalue weighted by atomic mass is 16.5. The number of amides is 1. The molecule has 0 atom stereocenters. The van der Waals surface area contributed by atoms with Crippen molar-refractivity contribution in [3.63, 3.8) is 0 Å². The first-order chi connectivity index (χ1) is 13.7. The highest BCUT2D eigenvalue weighted by Gasteiger charge is 2.12. The molecule has 3 rings (SSSR count). The number of terminal acetylenes is 1. The van der Waals surface area contributed by atoms with Crippen molar-refractivity contribution in [3.8, 4) is 18.1 Å². The standard InChI is InChI=1S/C22H24N4O2/c1-3-16-5-4-6-19(14-16)26-21(27)15-25-22(23-2)24-11-9-17-7-8-20-18(13-17)10-12-28-20/h1,4-8,13-14H,9-12,15H2,2H3,(H,26,27)(H2,23,24,25). The van der Waals surface area contributed by atoms with Gasteiger partial charge in [0.05, 0.1) is 13.2 Å². The third-order valence-electron chi connectivity index (χ3n) is 4.41. The van der Waals surface area contributed by atoms with Gasteiger partial charge < -0.3 is 20.7 Å². The van der Waals surface area contributed by atoms with Gasteiger partial charge >= 0.3 is 0 Å². The van der Waals surface area contributed by atoms with E-state index in [9.17, 15) is 4.79 Å². The van der Waals surface area contributed by atoms with Crippen molar-refractivity contribution in [2.75, 3.05) is 32.1 Å². The fraction of sp³-hybridized carbons (Fsp3) is 0.273. The molecule has 2 aromatic rings. The number of ether oxygens (including phenoxy) is 1.